The first kappa shape index (κ1) is 17.8. The van der Waals surface area contributed by atoms with Crippen molar-refractivity contribution < 1.29 is 14.3 Å². The minimum atomic E-state index is -0.600. The molecule has 0 radical (unpaired) electrons. The van der Waals surface area contributed by atoms with Crippen molar-refractivity contribution in [2.45, 2.75) is 38.8 Å². The third-order valence-corrected chi connectivity index (χ3v) is 6.39. The number of hydrogen-bond acceptors (Lipinski definition) is 5. The van der Waals surface area contributed by atoms with Crippen molar-refractivity contribution in [2.24, 2.45) is 5.92 Å². The fourth-order valence-corrected chi connectivity index (χ4v) is 4.74. The van der Waals surface area contributed by atoms with Crippen molar-refractivity contribution in [2.75, 3.05) is 4.90 Å². The van der Waals surface area contributed by atoms with Crippen molar-refractivity contribution >= 4 is 17.4 Å². The minimum absolute atomic E-state index is 0.131. The van der Waals surface area contributed by atoms with Crippen LogP contribution in [0.25, 0.3) is 0 Å². The molecule has 6 nitrogen and oxygen atoms in total. The molecule has 2 aliphatic carbocycles. The van der Waals surface area contributed by atoms with Gasteiger partial charge in [-0.25, -0.2) is 9.97 Å². The van der Waals surface area contributed by atoms with Gasteiger partial charge in [0.15, 0.2) is 5.78 Å². The molecule has 2 aromatic rings. The van der Waals surface area contributed by atoms with Gasteiger partial charge in [-0.1, -0.05) is 24.3 Å². The molecule has 2 heterocycles. The Balaban J connectivity index is 1.44. The lowest BCUT2D eigenvalue weighted by atomic mass is 9.95. The summed E-state index contributed by atoms with van der Waals surface area (Å²) in [6.07, 6.45) is 6.96. The molecule has 3 atom stereocenters. The largest absolute Gasteiger partial charge is 0.473 e. The maximum absolute atomic E-state index is 12.8. The summed E-state index contributed by atoms with van der Waals surface area (Å²) >= 11 is 0. The van der Waals surface area contributed by atoms with Gasteiger partial charge < -0.3 is 4.74 Å². The number of carbonyl (C=O) groups is 2. The van der Waals surface area contributed by atoms with Gasteiger partial charge in [-0.05, 0) is 42.9 Å². The van der Waals surface area contributed by atoms with E-state index in [0.29, 0.717) is 17.7 Å². The van der Waals surface area contributed by atoms with Crippen LogP contribution in [0.4, 0.5) is 5.69 Å². The van der Waals surface area contributed by atoms with Crippen LogP contribution in [0.5, 0.6) is 0 Å². The predicted octanol–water partition coefficient (Wildman–Crippen LogP) is 3.32. The molecule has 0 spiro atoms. The van der Waals surface area contributed by atoms with E-state index in [9.17, 15) is 9.59 Å². The van der Waals surface area contributed by atoms with E-state index in [1.54, 1.807) is 30.5 Å². The number of benzene rings is 1. The van der Waals surface area contributed by atoms with E-state index in [-0.39, 0.29) is 23.5 Å². The number of ketones is 1. The third kappa shape index (κ3) is 2.70. The summed E-state index contributed by atoms with van der Waals surface area (Å²) in [5, 5.41) is 0. The first-order chi connectivity index (χ1) is 14.1. The number of nitrogens with zero attached hydrogens (tertiary/aromatic N) is 3. The number of allylic oxidation sites excluding steroid dienone is 1. The van der Waals surface area contributed by atoms with Gasteiger partial charge in [0.1, 0.15) is 6.33 Å². The summed E-state index contributed by atoms with van der Waals surface area (Å²) in [4.78, 5) is 35.0. The van der Waals surface area contributed by atoms with E-state index in [2.05, 4.69) is 22.1 Å². The second-order valence-electron chi connectivity index (χ2n) is 7.88. The second-order valence-corrected chi connectivity index (χ2v) is 7.88. The number of amides is 1. The normalized spacial score (nSPS) is 27.0. The average molecular weight is 387 g/mol. The van der Waals surface area contributed by atoms with Gasteiger partial charge >= 0.3 is 0 Å². The number of hydrogen-bond donors (Lipinski definition) is 0. The number of Topliss-reactive ketones (excluding diaryl/α,β-unsaturated/α-hetero) is 1. The van der Waals surface area contributed by atoms with Crippen molar-refractivity contribution in [3.63, 3.8) is 0 Å². The Bertz CT molecular complexity index is 1070. The maximum Gasteiger partial charge on any atom is 0.257 e. The molecule has 1 fully saturated rings. The van der Waals surface area contributed by atoms with Gasteiger partial charge in [0.05, 0.1) is 24.3 Å². The van der Waals surface area contributed by atoms with Crippen LogP contribution in [0.15, 0.2) is 66.0 Å². The number of rotatable bonds is 3. The van der Waals surface area contributed by atoms with E-state index in [4.69, 9.17) is 4.74 Å². The van der Waals surface area contributed by atoms with E-state index in [1.165, 1.54) is 17.5 Å². The molecule has 0 saturated heterocycles. The maximum atomic E-state index is 12.8. The Kier molecular flexibility index (Phi) is 4.08. The number of carbonyl (C=O) groups excluding carboxylic acids is 2. The Morgan fingerprint density at radius 2 is 1.83 bits per heavy atom. The summed E-state index contributed by atoms with van der Waals surface area (Å²) in [6, 6.07) is 8.34. The van der Waals surface area contributed by atoms with Crippen LogP contribution in [-0.2, 0) is 20.7 Å². The molecule has 0 N–H and O–H groups in total. The van der Waals surface area contributed by atoms with Crippen LogP contribution in [0.1, 0.15) is 37.3 Å². The molecule has 1 aromatic carbocycles. The summed E-state index contributed by atoms with van der Waals surface area (Å²) in [5.41, 5.74) is 5.35. The molecule has 3 unspecified atom stereocenters. The zero-order valence-electron chi connectivity index (χ0n) is 16.3. The standard InChI is InChI=1S/C23H21N3O3/c1-13-14(2)23(26(22(13)28)16-9-24-12-25-10-16)29-11-20-18-7-15-5-3-4-6-17(15)19(18)8-21(20)27/h3-6,9-12,18-19,23H,7-8H2,1-2H3/b20-11+. The summed E-state index contributed by atoms with van der Waals surface area (Å²) < 4.78 is 6.09. The molecule has 1 aliphatic heterocycles. The molecular weight excluding hydrogens is 366 g/mol. The highest BCUT2D eigenvalue weighted by molar-refractivity contribution is 6.09. The van der Waals surface area contributed by atoms with Gasteiger partial charge in [-0.2, -0.15) is 0 Å². The molecule has 1 saturated carbocycles. The monoisotopic (exact) mass is 387 g/mol. The third-order valence-electron chi connectivity index (χ3n) is 6.39. The van der Waals surface area contributed by atoms with E-state index < -0.39 is 6.23 Å². The van der Waals surface area contributed by atoms with E-state index in [0.717, 1.165) is 17.6 Å². The van der Waals surface area contributed by atoms with Crippen LogP contribution in [0, 0.1) is 5.92 Å². The predicted molar refractivity (Wildman–Crippen MR) is 107 cm³/mol. The number of fused-ring (bicyclic) bond motifs is 3. The molecule has 5 rings (SSSR count). The van der Waals surface area contributed by atoms with Crippen molar-refractivity contribution in [3.05, 3.63) is 77.1 Å². The lowest BCUT2D eigenvalue weighted by Crippen LogP contribution is -2.36. The van der Waals surface area contributed by atoms with Crippen LogP contribution in [0.2, 0.25) is 0 Å². The highest BCUT2D eigenvalue weighted by Gasteiger charge is 2.44. The first-order valence-electron chi connectivity index (χ1n) is 9.78. The summed E-state index contributed by atoms with van der Waals surface area (Å²) in [6.45, 7) is 3.67. The number of aromatic nitrogens is 2. The topological polar surface area (TPSA) is 72.4 Å². The van der Waals surface area contributed by atoms with Gasteiger partial charge in [-0.15, -0.1) is 0 Å². The van der Waals surface area contributed by atoms with Gasteiger partial charge in [0.2, 0.25) is 6.23 Å². The Labute approximate surface area is 168 Å². The number of ether oxygens (including phenoxy) is 1. The second kappa shape index (κ2) is 6.65. The Morgan fingerprint density at radius 1 is 1.07 bits per heavy atom. The average Bonchev–Trinajstić information content (AvgIpc) is 3.31. The number of anilines is 1. The van der Waals surface area contributed by atoms with Crippen molar-refractivity contribution in [3.8, 4) is 0 Å². The quantitative estimate of drug-likeness (QED) is 0.597. The van der Waals surface area contributed by atoms with Crippen molar-refractivity contribution in [1.29, 1.82) is 0 Å². The zero-order valence-corrected chi connectivity index (χ0v) is 16.3. The molecule has 0 bridgehead atoms. The van der Waals surface area contributed by atoms with Crippen LogP contribution >= 0.6 is 0 Å². The fraction of sp³-hybridized carbons (Fsp3) is 0.304. The molecule has 29 heavy (non-hydrogen) atoms. The molecule has 3 aliphatic rings. The molecule has 146 valence electrons. The minimum Gasteiger partial charge on any atom is -0.473 e. The lowest BCUT2D eigenvalue weighted by Gasteiger charge is -2.25. The molecule has 1 aromatic heterocycles. The Hall–Kier alpha value is -3.28. The highest BCUT2D eigenvalue weighted by atomic mass is 16.5. The van der Waals surface area contributed by atoms with Gasteiger partial charge in [0.25, 0.3) is 5.91 Å². The molecule has 6 heteroatoms. The van der Waals surface area contributed by atoms with E-state index >= 15 is 0 Å². The summed E-state index contributed by atoms with van der Waals surface area (Å²) in [7, 11) is 0. The molecule has 1 amide bonds. The van der Waals surface area contributed by atoms with E-state index in [1.807, 2.05) is 19.1 Å². The van der Waals surface area contributed by atoms with Crippen molar-refractivity contribution in [1.82, 2.24) is 9.97 Å². The first-order valence-corrected chi connectivity index (χ1v) is 9.78. The fourth-order valence-electron chi connectivity index (χ4n) is 4.74. The smallest absolute Gasteiger partial charge is 0.257 e. The SMILES string of the molecule is CC1=C(C)C(O/C=C2/C(=O)CC3c4ccccc4CC23)N(c2cncnc2)C1=O. The van der Waals surface area contributed by atoms with Gasteiger partial charge in [-0.3, -0.25) is 14.5 Å². The lowest BCUT2D eigenvalue weighted by molar-refractivity contribution is -0.115. The zero-order chi connectivity index (χ0) is 20.1. The van der Waals surface area contributed by atoms with Crippen LogP contribution in [-0.4, -0.2) is 27.9 Å². The summed E-state index contributed by atoms with van der Waals surface area (Å²) in [5.74, 6) is 0.378. The van der Waals surface area contributed by atoms with Crippen LogP contribution in [0.3, 0.4) is 0 Å². The van der Waals surface area contributed by atoms with Gasteiger partial charge in [0, 0.05) is 23.5 Å². The highest BCUT2D eigenvalue weighted by Crippen LogP contribution is 2.49. The van der Waals surface area contributed by atoms with Crippen LogP contribution < -0.4 is 4.90 Å². The Morgan fingerprint density at radius 3 is 2.62 bits per heavy atom. The molecular formula is C23H21N3O3.